The topological polar surface area (TPSA) is 81.7 Å². The summed E-state index contributed by atoms with van der Waals surface area (Å²) in [6, 6.07) is 23.1. The van der Waals surface area contributed by atoms with Gasteiger partial charge >= 0.3 is 0 Å². The van der Waals surface area contributed by atoms with Gasteiger partial charge in [0.2, 0.25) is 5.91 Å². The van der Waals surface area contributed by atoms with Gasteiger partial charge in [-0.25, -0.2) is 4.98 Å². The van der Waals surface area contributed by atoms with Crippen molar-refractivity contribution in [1.29, 1.82) is 0 Å². The lowest BCUT2D eigenvalue weighted by Crippen LogP contribution is -2.16. The molecule has 7 heteroatoms. The Bertz CT molecular complexity index is 1420. The zero-order valence-electron chi connectivity index (χ0n) is 19.0. The first-order chi connectivity index (χ1) is 16.6. The molecule has 5 aromatic rings. The molecule has 0 fully saturated rings. The Morgan fingerprint density at radius 2 is 1.76 bits per heavy atom. The summed E-state index contributed by atoms with van der Waals surface area (Å²) in [5, 5.41) is 7.01. The quantitative estimate of drug-likeness (QED) is 0.359. The zero-order valence-corrected chi connectivity index (χ0v) is 19.0. The molecule has 170 valence electrons. The second kappa shape index (κ2) is 9.23. The standard InChI is InChI=1S/C27H24N4O3/c1-18-23(19(2)34-30-18)17-33-22-13-11-20(12-14-22)16-25(32)29-27-26(21-8-4-3-5-9-21)28-24-10-6-7-15-31(24)27/h3-15H,16-17H2,1-2H3,(H,29,32). The Morgan fingerprint density at radius 1 is 1.00 bits per heavy atom. The zero-order chi connectivity index (χ0) is 23.5. The predicted octanol–water partition coefficient (Wildman–Crippen LogP) is 5.37. The van der Waals surface area contributed by atoms with Crippen LogP contribution in [0.3, 0.4) is 0 Å². The van der Waals surface area contributed by atoms with Gasteiger partial charge in [0.25, 0.3) is 0 Å². The summed E-state index contributed by atoms with van der Waals surface area (Å²) in [6.07, 6.45) is 2.13. The lowest BCUT2D eigenvalue weighted by Gasteiger charge is -2.09. The molecular weight excluding hydrogens is 428 g/mol. The monoisotopic (exact) mass is 452 g/mol. The number of ether oxygens (including phenoxy) is 1. The number of benzene rings is 2. The second-order valence-electron chi connectivity index (χ2n) is 8.06. The summed E-state index contributed by atoms with van der Waals surface area (Å²) in [5.74, 6) is 2.02. The van der Waals surface area contributed by atoms with Gasteiger partial charge in [-0.2, -0.15) is 0 Å². The second-order valence-corrected chi connectivity index (χ2v) is 8.06. The first kappa shape index (κ1) is 21.5. The number of aryl methyl sites for hydroxylation is 2. The van der Waals surface area contributed by atoms with E-state index >= 15 is 0 Å². The first-order valence-electron chi connectivity index (χ1n) is 11.0. The van der Waals surface area contributed by atoms with Crippen LogP contribution in [0.25, 0.3) is 16.9 Å². The van der Waals surface area contributed by atoms with Gasteiger partial charge in [-0.05, 0) is 43.7 Å². The maximum atomic E-state index is 12.9. The molecule has 3 aromatic heterocycles. The van der Waals surface area contributed by atoms with Crippen LogP contribution in [0.5, 0.6) is 5.75 Å². The number of hydrogen-bond acceptors (Lipinski definition) is 5. The molecule has 0 saturated heterocycles. The average Bonchev–Trinajstić information content (AvgIpc) is 3.38. The fourth-order valence-corrected chi connectivity index (χ4v) is 3.84. The van der Waals surface area contributed by atoms with E-state index in [4.69, 9.17) is 14.2 Å². The van der Waals surface area contributed by atoms with Gasteiger partial charge < -0.3 is 14.6 Å². The highest BCUT2D eigenvalue weighted by molar-refractivity contribution is 5.95. The van der Waals surface area contributed by atoms with Gasteiger partial charge in [0, 0.05) is 11.8 Å². The molecule has 0 atom stereocenters. The molecule has 1 amide bonds. The third kappa shape index (κ3) is 4.41. The van der Waals surface area contributed by atoms with E-state index in [-0.39, 0.29) is 12.3 Å². The number of aromatic nitrogens is 3. The minimum atomic E-state index is -0.118. The number of imidazole rings is 1. The molecule has 3 heterocycles. The molecule has 0 aliphatic heterocycles. The van der Waals surface area contributed by atoms with Crippen LogP contribution in [-0.4, -0.2) is 20.4 Å². The Balaban J connectivity index is 1.29. The molecule has 34 heavy (non-hydrogen) atoms. The van der Waals surface area contributed by atoms with Crippen LogP contribution in [0, 0.1) is 13.8 Å². The summed E-state index contributed by atoms with van der Waals surface area (Å²) in [5.41, 5.74) is 5.12. The lowest BCUT2D eigenvalue weighted by atomic mass is 10.1. The molecule has 0 spiro atoms. The number of hydrogen-bond donors (Lipinski definition) is 1. The van der Waals surface area contributed by atoms with Gasteiger partial charge in [0.15, 0.2) is 0 Å². The third-order valence-corrected chi connectivity index (χ3v) is 5.69. The van der Waals surface area contributed by atoms with Crippen molar-refractivity contribution in [3.63, 3.8) is 0 Å². The number of pyridine rings is 1. The largest absolute Gasteiger partial charge is 0.489 e. The van der Waals surface area contributed by atoms with E-state index in [1.807, 2.05) is 97.2 Å². The van der Waals surface area contributed by atoms with Crippen molar-refractivity contribution < 1.29 is 14.1 Å². The number of nitrogens with zero attached hydrogens (tertiary/aromatic N) is 3. The van der Waals surface area contributed by atoms with Gasteiger partial charge in [0.1, 0.15) is 35.3 Å². The number of rotatable bonds is 7. The van der Waals surface area contributed by atoms with E-state index in [1.54, 1.807) is 0 Å². The molecular formula is C27H24N4O3. The lowest BCUT2D eigenvalue weighted by molar-refractivity contribution is -0.115. The van der Waals surface area contributed by atoms with Crippen LogP contribution in [0.1, 0.15) is 22.6 Å². The number of carbonyl (C=O) groups is 1. The van der Waals surface area contributed by atoms with E-state index in [0.29, 0.717) is 12.4 Å². The minimum Gasteiger partial charge on any atom is -0.489 e. The van der Waals surface area contributed by atoms with Crippen molar-refractivity contribution in [2.45, 2.75) is 26.9 Å². The summed E-state index contributed by atoms with van der Waals surface area (Å²) >= 11 is 0. The highest BCUT2D eigenvalue weighted by Crippen LogP contribution is 2.28. The van der Waals surface area contributed by atoms with Gasteiger partial charge in [-0.1, -0.05) is 53.7 Å². The van der Waals surface area contributed by atoms with Gasteiger partial charge in [-0.3, -0.25) is 9.20 Å². The van der Waals surface area contributed by atoms with Crippen LogP contribution in [-0.2, 0) is 17.8 Å². The fourth-order valence-electron chi connectivity index (χ4n) is 3.84. The Kier molecular flexibility index (Phi) is 5.82. The van der Waals surface area contributed by atoms with Crippen molar-refractivity contribution in [3.05, 3.63) is 102 Å². The molecule has 2 aromatic carbocycles. The Hall–Kier alpha value is -4.39. The Morgan fingerprint density at radius 3 is 2.50 bits per heavy atom. The summed E-state index contributed by atoms with van der Waals surface area (Å²) < 4.78 is 12.9. The summed E-state index contributed by atoms with van der Waals surface area (Å²) in [4.78, 5) is 17.7. The maximum absolute atomic E-state index is 12.9. The van der Waals surface area contributed by atoms with Gasteiger partial charge in [-0.15, -0.1) is 0 Å². The van der Waals surface area contributed by atoms with Crippen LogP contribution in [0.15, 0.2) is 83.5 Å². The molecule has 0 radical (unpaired) electrons. The molecule has 0 aliphatic carbocycles. The third-order valence-electron chi connectivity index (χ3n) is 5.69. The minimum absolute atomic E-state index is 0.118. The Labute approximate surface area is 197 Å². The average molecular weight is 453 g/mol. The first-order valence-corrected chi connectivity index (χ1v) is 11.0. The van der Waals surface area contributed by atoms with Crippen LogP contribution < -0.4 is 10.1 Å². The molecule has 5 rings (SSSR count). The number of nitrogens with one attached hydrogen (secondary N) is 1. The smallest absolute Gasteiger partial charge is 0.229 e. The van der Waals surface area contributed by atoms with Crippen LogP contribution in [0.2, 0.25) is 0 Å². The van der Waals surface area contributed by atoms with E-state index in [1.165, 1.54) is 0 Å². The van der Waals surface area contributed by atoms with Crippen molar-refractivity contribution in [2.24, 2.45) is 0 Å². The fraction of sp³-hybridized carbons (Fsp3) is 0.148. The van der Waals surface area contributed by atoms with Crippen molar-refractivity contribution in [3.8, 4) is 17.0 Å². The summed E-state index contributed by atoms with van der Waals surface area (Å²) in [6.45, 7) is 4.15. The number of amides is 1. The number of fused-ring (bicyclic) bond motifs is 1. The van der Waals surface area contributed by atoms with E-state index in [0.717, 1.165) is 45.2 Å². The molecule has 0 aliphatic rings. The molecule has 1 N–H and O–H groups in total. The van der Waals surface area contributed by atoms with Crippen molar-refractivity contribution >= 4 is 17.4 Å². The highest BCUT2D eigenvalue weighted by atomic mass is 16.5. The number of carbonyl (C=O) groups excluding carboxylic acids is 1. The van der Waals surface area contributed by atoms with Crippen LogP contribution >= 0.6 is 0 Å². The van der Waals surface area contributed by atoms with Crippen molar-refractivity contribution in [1.82, 2.24) is 14.5 Å². The predicted molar refractivity (Wildman–Crippen MR) is 130 cm³/mol. The molecule has 0 saturated carbocycles. The molecule has 0 unspecified atom stereocenters. The highest BCUT2D eigenvalue weighted by Gasteiger charge is 2.16. The number of anilines is 1. The molecule has 0 bridgehead atoms. The SMILES string of the molecule is Cc1noc(C)c1COc1ccc(CC(=O)Nc2c(-c3ccccc3)nc3ccccn23)cc1. The van der Waals surface area contributed by atoms with E-state index in [2.05, 4.69) is 10.5 Å². The summed E-state index contributed by atoms with van der Waals surface area (Å²) in [7, 11) is 0. The van der Waals surface area contributed by atoms with E-state index < -0.39 is 0 Å². The maximum Gasteiger partial charge on any atom is 0.229 e. The van der Waals surface area contributed by atoms with Gasteiger partial charge in [0.05, 0.1) is 17.7 Å². The van der Waals surface area contributed by atoms with Crippen molar-refractivity contribution in [2.75, 3.05) is 5.32 Å². The van der Waals surface area contributed by atoms with Crippen LogP contribution in [0.4, 0.5) is 5.82 Å². The molecule has 7 nitrogen and oxygen atoms in total. The van der Waals surface area contributed by atoms with E-state index in [9.17, 15) is 4.79 Å². The normalized spacial score (nSPS) is 11.0.